The first-order chi connectivity index (χ1) is 12.4. The van der Waals surface area contributed by atoms with Crippen molar-refractivity contribution < 1.29 is 0 Å². The van der Waals surface area contributed by atoms with Crippen molar-refractivity contribution >= 4 is 35.6 Å². The van der Waals surface area contributed by atoms with Gasteiger partial charge in [0.25, 0.3) is 0 Å². The summed E-state index contributed by atoms with van der Waals surface area (Å²) in [5, 5.41) is 15.1. The second-order valence-corrected chi connectivity index (χ2v) is 5.81. The summed E-state index contributed by atoms with van der Waals surface area (Å²) >= 11 is 0. The van der Waals surface area contributed by atoms with E-state index in [1.54, 1.807) is 7.05 Å². The summed E-state index contributed by atoms with van der Waals surface area (Å²) in [7, 11) is 1.79. The molecule has 2 N–H and O–H groups in total. The lowest BCUT2D eigenvalue weighted by atomic mass is 10.1. The van der Waals surface area contributed by atoms with E-state index in [0.717, 1.165) is 49.8 Å². The number of nitrogens with zero attached hydrogens (tertiary/aromatic N) is 4. The number of pyridine rings is 1. The highest BCUT2D eigenvalue weighted by Crippen LogP contribution is 2.03. The number of guanidine groups is 1. The van der Waals surface area contributed by atoms with Crippen LogP contribution in [0, 0.1) is 0 Å². The number of halogens is 1. The number of fused-ring (bicyclic) bond motifs is 1. The Labute approximate surface area is 171 Å². The van der Waals surface area contributed by atoms with Crippen LogP contribution in [-0.2, 0) is 12.8 Å². The Morgan fingerprint density at radius 3 is 2.54 bits per heavy atom. The second-order valence-electron chi connectivity index (χ2n) is 5.81. The van der Waals surface area contributed by atoms with Gasteiger partial charge in [-0.15, -0.1) is 34.2 Å². The van der Waals surface area contributed by atoms with Crippen molar-refractivity contribution in [2.24, 2.45) is 4.99 Å². The lowest BCUT2D eigenvalue weighted by Crippen LogP contribution is -2.39. The molecule has 3 rings (SSSR count). The number of nitrogens with one attached hydrogen (secondary N) is 2. The van der Waals surface area contributed by atoms with E-state index in [-0.39, 0.29) is 24.0 Å². The van der Waals surface area contributed by atoms with Crippen molar-refractivity contribution in [2.75, 3.05) is 20.1 Å². The Hall–Kier alpha value is -2.16. The molecule has 0 unspecified atom stereocenters. The summed E-state index contributed by atoms with van der Waals surface area (Å²) in [6.45, 7) is 1.65. The molecule has 0 saturated heterocycles. The van der Waals surface area contributed by atoms with Crippen molar-refractivity contribution in [3.63, 3.8) is 0 Å². The van der Waals surface area contributed by atoms with E-state index in [4.69, 9.17) is 0 Å². The van der Waals surface area contributed by atoms with Crippen molar-refractivity contribution in [3.8, 4) is 0 Å². The number of benzene rings is 1. The van der Waals surface area contributed by atoms with Crippen molar-refractivity contribution in [3.05, 3.63) is 66.1 Å². The normalized spacial score (nSPS) is 11.2. The van der Waals surface area contributed by atoms with Crippen LogP contribution < -0.4 is 10.6 Å². The largest absolute Gasteiger partial charge is 0.356 e. The summed E-state index contributed by atoms with van der Waals surface area (Å²) in [6, 6.07) is 16.4. The topological polar surface area (TPSA) is 66.6 Å². The van der Waals surface area contributed by atoms with Gasteiger partial charge in [-0.2, -0.15) is 0 Å². The van der Waals surface area contributed by atoms with Crippen LogP contribution >= 0.6 is 24.0 Å². The van der Waals surface area contributed by atoms with Gasteiger partial charge in [0.15, 0.2) is 11.6 Å². The molecule has 26 heavy (non-hydrogen) atoms. The highest BCUT2D eigenvalue weighted by atomic mass is 127. The van der Waals surface area contributed by atoms with Gasteiger partial charge in [0.2, 0.25) is 0 Å². The minimum atomic E-state index is 0. The van der Waals surface area contributed by atoms with E-state index in [9.17, 15) is 0 Å². The van der Waals surface area contributed by atoms with Crippen molar-refractivity contribution in [1.29, 1.82) is 0 Å². The number of aliphatic imine (C=N–C) groups is 1. The van der Waals surface area contributed by atoms with Gasteiger partial charge in [0.05, 0.1) is 0 Å². The molecule has 1 aromatic carbocycles. The predicted molar refractivity (Wildman–Crippen MR) is 116 cm³/mol. The molecular weight excluding hydrogens is 439 g/mol. The Kier molecular flexibility index (Phi) is 8.33. The fourth-order valence-corrected chi connectivity index (χ4v) is 2.72. The van der Waals surface area contributed by atoms with Crippen LogP contribution in [0.15, 0.2) is 59.7 Å². The predicted octanol–water partition coefficient (Wildman–Crippen LogP) is 2.69. The third-order valence-corrected chi connectivity index (χ3v) is 4.03. The fourth-order valence-electron chi connectivity index (χ4n) is 2.72. The maximum atomic E-state index is 4.27. The molecule has 2 aromatic heterocycles. The third-order valence-electron chi connectivity index (χ3n) is 4.03. The van der Waals surface area contributed by atoms with Crippen LogP contribution in [0.1, 0.15) is 17.8 Å². The van der Waals surface area contributed by atoms with Gasteiger partial charge in [-0.3, -0.25) is 9.39 Å². The maximum absolute atomic E-state index is 4.27. The van der Waals surface area contributed by atoms with E-state index in [1.165, 1.54) is 5.56 Å². The molecule has 2 heterocycles. The van der Waals surface area contributed by atoms with Gasteiger partial charge in [-0.05, 0) is 30.5 Å². The SMILES string of the molecule is CN=C(NCCCc1ccccc1)NCCc1nnc2ccccn12.I. The molecule has 6 nitrogen and oxygen atoms in total. The Bertz CT molecular complexity index is 815. The van der Waals surface area contributed by atoms with E-state index >= 15 is 0 Å². The molecule has 0 aliphatic rings. The highest BCUT2D eigenvalue weighted by Gasteiger charge is 2.04. The number of aryl methyl sites for hydroxylation is 1. The minimum absolute atomic E-state index is 0. The molecule has 0 saturated carbocycles. The number of hydrogen-bond donors (Lipinski definition) is 2. The average molecular weight is 464 g/mol. The van der Waals surface area contributed by atoms with E-state index in [1.807, 2.05) is 34.9 Å². The molecule has 0 spiro atoms. The zero-order valence-electron chi connectivity index (χ0n) is 14.9. The Morgan fingerprint density at radius 2 is 1.73 bits per heavy atom. The first-order valence-electron chi connectivity index (χ1n) is 8.64. The summed E-state index contributed by atoms with van der Waals surface area (Å²) in [4.78, 5) is 4.27. The maximum Gasteiger partial charge on any atom is 0.190 e. The van der Waals surface area contributed by atoms with Crippen LogP contribution in [0.4, 0.5) is 0 Å². The lowest BCUT2D eigenvalue weighted by molar-refractivity contribution is 0.728. The van der Waals surface area contributed by atoms with E-state index in [0.29, 0.717) is 0 Å². The van der Waals surface area contributed by atoms with Gasteiger partial charge >= 0.3 is 0 Å². The zero-order valence-corrected chi connectivity index (χ0v) is 17.3. The molecule has 0 aliphatic heterocycles. The Balaban J connectivity index is 0.00000243. The third kappa shape index (κ3) is 5.69. The van der Waals surface area contributed by atoms with Crippen molar-refractivity contribution in [2.45, 2.75) is 19.3 Å². The fraction of sp³-hybridized carbons (Fsp3) is 0.316. The van der Waals surface area contributed by atoms with Crippen molar-refractivity contribution in [1.82, 2.24) is 25.2 Å². The molecule has 7 heteroatoms. The number of hydrogen-bond acceptors (Lipinski definition) is 3. The molecule has 0 aliphatic carbocycles. The van der Waals surface area contributed by atoms with Crippen LogP contribution in [0.3, 0.4) is 0 Å². The Morgan fingerprint density at radius 1 is 0.962 bits per heavy atom. The first-order valence-corrected chi connectivity index (χ1v) is 8.64. The molecule has 0 fully saturated rings. The highest BCUT2D eigenvalue weighted by molar-refractivity contribution is 14.0. The van der Waals surface area contributed by atoms with Gasteiger partial charge in [0, 0.05) is 32.8 Å². The standard InChI is InChI=1S/C19H24N6.HI/c1-20-19(21-13-7-10-16-8-3-2-4-9-16)22-14-12-18-24-23-17-11-5-6-15-25(17)18;/h2-6,8-9,11,15H,7,10,12-14H2,1H3,(H2,20,21,22);1H. The minimum Gasteiger partial charge on any atom is -0.356 e. The number of aromatic nitrogens is 3. The quantitative estimate of drug-likeness (QED) is 0.244. The lowest BCUT2D eigenvalue weighted by Gasteiger charge is -2.11. The summed E-state index contributed by atoms with van der Waals surface area (Å²) in [6.07, 6.45) is 4.91. The zero-order chi connectivity index (χ0) is 17.3. The van der Waals surface area contributed by atoms with Crippen LogP contribution in [-0.4, -0.2) is 40.7 Å². The smallest absolute Gasteiger partial charge is 0.190 e. The van der Waals surface area contributed by atoms with Gasteiger partial charge < -0.3 is 10.6 Å². The molecular formula is C19H25IN6. The van der Waals surface area contributed by atoms with Crippen LogP contribution in [0.25, 0.3) is 5.65 Å². The van der Waals surface area contributed by atoms with Crippen LogP contribution in [0.2, 0.25) is 0 Å². The first kappa shape index (κ1) is 20.2. The monoisotopic (exact) mass is 464 g/mol. The molecule has 0 atom stereocenters. The molecule has 3 aromatic rings. The average Bonchev–Trinajstić information content (AvgIpc) is 3.08. The van der Waals surface area contributed by atoms with Gasteiger partial charge in [-0.1, -0.05) is 36.4 Å². The van der Waals surface area contributed by atoms with E-state index < -0.39 is 0 Å². The summed E-state index contributed by atoms with van der Waals surface area (Å²) in [5.41, 5.74) is 2.24. The van der Waals surface area contributed by atoms with E-state index in [2.05, 4.69) is 50.1 Å². The molecule has 138 valence electrons. The molecule has 0 radical (unpaired) electrons. The van der Waals surface area contributed by atoms with Gasteiger partial charge in [0.1, 0.15) is 5.82 Å². The van der Waals surface area contributed by atoms with Crippen LogP contribution in [0.5, 0.6) is 0 Å². The second kappa shape index (κ2) is 10.7. The summed E-state index contributed by atoms with van der Waals surface area (Å²) < 4.78 is 2.01. The number of rotatable bonds is 7. The van der Waals surface area contributed by atoms with Gasteiger partial charge in [-0.25, -0.2) is 0 Å². The molecule has 0 bridgehead atoms. The molecule has 0 amide bonds. The summed E-state index contributed by atoms with van der Waals surface area (Å²) in [5.74, 6) is 1.77.